The van der Waals surface area contributed by atoms with Crippen LogP contribution in [0.25, 0.3) is 6.08 Å². The van der Waals surface area contributed by atoms with Gasteiger partial charge in [-0.3, -0.25) is 24.1 Å². The monoisotopic (exact) mass is 426 g/mol. The maximum absolute atomic E-state index is 12.5. The third-order valence-corrected chi connectivity index (χ3v) is 4.92. The summed E-state index contributed by atoms with van der Waals surface area (Å²) in [5.41, 5.74) is 1.17. The zero-order valence-corrected chi connectivity index (χ0v) is 16.8. The molecule has 1 saturated heterocycles. The minimum atomic E-state index is -0.688. The molecule has 0 atom stereocenters. The number of anilines is 1. The molecule has 0 unspecified atom stereocenters. The lowest BCUT2D eigenvalue weighted by molar-refractivity contribution is -0.143. The first-order valence-corrected chi connectivity index (χ1v) is 9.68. The molecule has 0 aromatic heterocycles. The van der Waals surface area contributed by atoms with Crippen LogP contribution in [-0.2, 0) is 19.1 Å². The van der Waals surface area contributed by atoms with E-state index in [4.69, 9.17) is 4.74 Å². The molecule has 3 amide bonds. The van der Waals surface area contributed by atoms with E-state index in [1.807, 2.05) is 6.07 Å². The first-order valence-electron chi connectivity index (χ1n) is 8.87. The summed E-state index contributed by atoms with van der Waals surface area (Å²) in [4.78, 5) is 49.0. The summed E-state index contributed by atoms with van der Waals surface area (Å²) in [6, 6.07) is 15.8. The van der Waals surface area contributed by atoms with Crippen LogP contribution in [0.1, 0.15) is 5.56 Å². The van der Waals surface area contributed by atoms with Crippen molar-refractivity contribution in [3.63, 3.8) is 0 Å². The Morgan fingerprint density at radius 3 is 2.50 bits per heavy atom. The molecule has 0 radical (unpaired) electrons. The van der Waals surface area contributed by atoms with Crippen LogP contribution < -0.4 is 10.1 Å². The number of rotatable bonds is 7. The van der Waals surface area contributed by atoms with Crippen LogP contribution in [0, 0.1) is 0 Å². The number of nitrogens with zero attached hydrogens (tertiary/aromatic N) is 1. The van der Waals surface area contributed by atoms with Gasteiger partial charge in [0.1, 0.15) is 12.3 Å². The summed E-state index contributed by atoms with van der Waals surface area (Å²) in [6.45, 7) is -0.681. The van der Waals surface area contributed by atoms with Crippen molar-refractivity contribution < 1.29 is 28.7 Å². The molecule has 0 spiro atoms. The number of carbonyl (C=O) groups excluding carboxylic acids is 4. The van der Waals surface area contributed by atoms with Gasteiger partial charge in [-0.1, -0.05) is 36.4 Å². The minimum absolute atomic E-state index is 0.147. The molecule has 30 heavy (non-hydrogen) atoms. The Labute approximate surface area is 176 Å². The van der Waals surface area contributed by atoms with Crippen molar-refractivity contribution in [3.8, 4) is 5.75 Å². The van der Waals surface area contributed by atoms with Gasteiger partial charge in [0.05, 0.1) is 12.0 Å². The molecule has 1 N–H and O–H groups in total. The number of esters is 1. The topological polar surface area (TPSA) is 102 Å². The van der Waals surface area contributed by atoms with Crippen LogP contribution in [0.15, 0.2) is 59.5 Å². The Hall–Kier alpha value is -3.59. The molecule has 2 aromatic rings. The molecule has 9 heteroatoms. The maximum atomic E-state index is 12.5. The zero-order chi connectivity index (χ0) is 21.5. The van der Waals surface area contributed by atoms with E-state index in [9.17, 15) is 19.2 Å². The fraction of sp³-hybridized carbons (Fsp3) is 0.143. The second-order valence-electron chi connectivity index (χ2n) is 6.08. The fourth-order valence-corrected chi connectivity index (χ4v) is 3.39. The highest BCUT2D eigenvalue weighted by Gasteiger charge is 2.36. The van der Waals surface area contributed by atoms with Gasteiger partial charge in [0.25, 0.3) is 17.1 Å². The number of imide groups is 1. The van der Waals surface area contributed by atoms with E-state index < -0.39 is 23.7 Å². The molecule has 8 nitrogen and oxygen atoms in total. The quantitative estimate of drug-likeness (QED) is 0.536. The molecule has 3 rings (SSSR count). The molecule has 1 aliphatic heterocycles. The SMILES string of the molecule is COC(=O)CN1C(=O)SC(=Cc2ccccc2OCC(=O)Nc2ccccc2)C1=O. The van der Waals surface area contributed by atoms with Crippen LogP contribution in [0.4, 0.5) is 10.5 Å². The highest BCUT2D eigenvalue weighted by atomic mass is 32.2. The van der Waals surface area contributed by atoms with Gasteiger partial charge in [0, 0.05) is 11.3 Å². The van der Waals surface area contributed by atoms with Crippen molar-refractivity contribution in [1.82, 2.24) is 4.90 Å². The molecule has 154 valence electrons. The van der Waals surface area contributed by atoms with Gasteiger partial charge < -0.3 is 14.8 Å². The summed E-state index contributed by atoms with van der Waals surface area (Å²) in [7, 11) is 1.18. The molecular formula is C21H18N2O6S. The predicted octanol–water partition coefficient (Wildman–Crippen LogP) is 2.91. The van der Waals surface area contributed by atoms with E-state index in [1.165, 1.54) is 13.2 Å². The molecule has 0 bridgehead atoms. The zero-order valence-electron chi connectivity index (χ0n) is 16.0. The van der Waals surface area contributed by atoms with Crippen LogP contribution in [-0.4, -0.2) is 48.2 Å². The van der Waals surface area contributed by atoms with Crippen molar-refractivity contribution >= 4 is 46.5 Å². The number of hydrogen-bond acceptors (Lipinski definition) is 7. The molecule has 1 fully saturated rings. The number of ether oxygens (including phenoxy) is 2. The summed E-state index contributed by atoms with van der Waals surface area (Å²) in [5, 5.41) is 2.16. The third-order valence-electron chi connectivity index (χ3n) is 4.01. The smallest absolute Gasteiger partial charge is 0.325 e. The largest absolute Gasteiger partial charge is 0.483 e. The van der Waals surface area contributed by atoms with Gasteiger partial charge in [0.2, 0.25) is 0 Å². The first kappa shape index (κ1) is 21.1. The van der Waals surface area contributed by atoms with Crippen LogP contribution in [0.3, 0.4) is 0 Å². The minimum Gasteiger partial charge on any atom is -0.483 e. The van der Waals surface area contributed by atoms with Crippen LogP contribution >= 0.6 is 11.8 Å². The third kappa shape index (κ3) is 5.26. The van der Waals surface area contributed by atoms with Crippen molar-refractivity contribution in [2.45, 2.75) is 0 Å². The molecule has 1 heterocycles. The Morgan fingerprint density at radius 2 is 1.77 bits per heavy atom. The van der Waals surface area contributed by atoms with E-state index >= 15 is 0 Å². The number of carbonyl (C=O) groups is 4. The van der Waals surface area contributed by atoms with Crippen molar-refractivity contribution in [1.29, 1.82) is 0 Å². The van der Waals surface area contributed by atoms with Crippen molar-refractivity contribution in [2.24, 2.45) is 0 Å². The number of thioether (sulfide) groups is 1. The van der Waals surface area contributed by atoms with Gasteiger partial charge in [-0.25, -0.2) is 0 Å². The highest BCUT2D eigenvalue weighted by molar-refractivity contribution is 8.18. The number of nitrogens with one attached hydrogen (secondary N) is 1. The molecular weight excluding hydrogens is 408 g/mol. The first-order chi connectivity index (χ1) is 14.5. The molecule has 0 saturated carbocycles. The van der Waals surface area contributed by atoms with Crippen LogP contribution in [0.2, 0.25) is 0 Å². The second kappa shape index (κ2) is 9.75. The summed E-state index contributed by atoms with van der Waals surface area (Å²) >= 11 is 0.720. The Bertz CT molecular complexity index is 1010. The second-order valence-corrected chi connectivity index (χ2v) is 7.08. The predicted molar refractivity (Wildman–Crippen MR) is 112 cm³/mol. The van der Waals surface area contributed by atoms with Crippen molar-refractivity contribution in [3.05, 3.63) is 65.1 Å². The average Bonchev–Trinajstić information content (AvgIpc) is 3.01. The van der Waals surface area contributed by atoms with Gasteiger partial charge in [-0.15, -0.1) is 0 Å². The number of benzene rings is 2. The number of hydrogen-bond donors (Lipinski definition) is 1. The molecule has 0 aliphatic carbocycles. The summed E-state index contributed by atoms with van der Waals surface area (Å²) < 4.78 is 10.1. The van der Waals surface area contributed by atoms with E-state index in [0.29, 0.717) is 17.0 Å². The average molecular weight is 426 g/mol. The van der Waals surface area contributed by atoms with Gasteiger partial charge in [-0.05, 0) is 36.0 Å². The Morgan fingerprint density at radius 1 is 1.07 bits per heavy atom. The number of para-hydroxylation sites is 2. The Kier molecular flexibility index (Phi) is 6.87. The standard InChI is InChI=1S/C21H18N2O6S/c1-28-19(25)12-23-20(26)17(30-21(23)27)11-14-7-5-6-10-16(14)29-13-18(24)22-15-8-3-2-4-9-15/h2-11H,12-13H2,1H3,(H,22,24). The Balaban J connectivity index is 1.69. The fourth-order valence-electron chi connectivity index (χ4n) is 2.56. The van der Waals surface area contributed by atoms with Gasteiger partial charge >= 0.3 is 5.97 Å². The lowest BCUT2D eigenvalue weighted by atomic mass is 10.2. The molecule has 2 aromatic carbocycles. The van der Waals surface area contributed by atoms with Crippen LogP contribution in [0.5, 0.6) is 5.75 Å². The normalized spacial score (nSPS) is 14.7. The number of methoxy groups -OCH3 is 1. The molecule has 1 aliphatic rings. The van der Waals surface area contributed by atoms with E-state index in [2.05, 4.69) is 10.1 Å². The lowest BCUT2D eigenvalue weighted by Gasteiger charge is -2.11. The van der Waals surface area contributed by atoms with E-state index in [1.54, 1.807) is 48.5 Å². The number of amides is 3. The van der Waals surface area contributed by atoms with Gasteiger partial charge in [-0.2, -0.15) is 0 Å². The lowest BCUT2D eigenvalue weighted by Crippen LogP contribution is -2.34. The van der Waals surface area contributed by atoms with Crippen molar-refractivity contribution in [2.75, 3.05) is 25.6 Å². The highest BCUT2D eigenvalue weighted by Crippen LogP contribution is 2.33. The van der Waals surface area contributed by atoms with E-state index in [0.717, 1.165) is 16.7 Å². The summed E-state index contributed by atoms with van der Waals surface area (Å²) in [6.07, 6.45) is 1.49. The maximum Gasteiger partial charge on any atom is 0.325 e. The summed E-state index contributed by atoms with van der Waals surface area (Å²) in [5.74, 6) is -1.24. The van der Waals surface area contributed by atoms with E-state index in [-0.39, 0.29) is 17.4 Å². The van der Waals surface area contributed by atoms with Gasteiger partial charge in [0.15, 0.2) is 6.61 Å².